The maximum atomic E-state index is 9.69. The average molecular weight is 348 g/mol. The molecule has 0 heterocycles. The fourth-order valence-electron chi connectivity index (χ4n) is 3.72. The minimum absolute atomic E-state index is 0.0338. The maximum Gasteiger partial charge on any atom is 0.157 e. The highest BCUT2D eigenvalue weighted by Gasteiger charge is 2.12. The zero-order valence-electron chi connectivity index (χ0n) is 15.9. The predicted molar refractivity (Wildman–Crippen MR) is 109 cm³/mol. The Morgan fingerprint density at radius 2 is 1.54 bits per heavy atom. The van der Waals surface area contributed by atoms with Crippen molar-refractivity contribution in [2.24, 2.45) is 5.92 Å². The van der Waals surface area contributed by atoms with Crippen LogP contribution in [0.5, 0.6) is 11.5 Å². The van der Waals surface area contributed by atoms with E-state index in [9.17, 15) is 10.2 Å². The molecule has 26 heavy (non-hydrogen) atoms. The van der Waals surface area contributed by atoms with Gasteiger partial charge in [-0.05, 0) is 77.6 Å². The predicted octanol–water partition coefficient (Wildman–Crippen LogP) is 6.32. The van der Waals surface area contributed by atoms with Crippen LogP contribution in [0.1, 0.15) is 49.3 Å². The first-order chi connectivity index (χ1) is 12.5. The summed E-state index contributed by atoms with van der Waals surface area (Å²) in [7, 11) is 0. The first-order valence-electron chi connectivity index (χ1n) is 9.44. The molecule has 3 aromatic carbocycles. The van der Waals surface area contributed by atoms with E-state index >= 15 is 0 Å². The van der Waals surface area contributed by atoms with E-state index < -0.39 is 0 Å². The minimum Gasteiger partial charge on any atom is -0.504 e. The lowest BCUT2D eigenvalue weighted by molar-refractivity contribution is 0.402. The molecule has 3 aromatic rings. The number of rotatable bonds is 6. The molecule has 0 aliphatic rings. The van der Waals surface area contributed by atoms with Gasteiger partial charge in [-0.1, -0.05) is 56.3 Å². The third kappa shape index (κ3) is 4.01. The van der Waals surface area contributed by atoms with Crippen LogP contribution in [0.15, 0.2) is 54.6 Å². The number of hydrogen-bond donors (Lipinski definition) is 2. The minimum atomic E-state index is -0.0550. The largest absolute Gasteiger partial charge is 0.504 e. The first-order valence-corrected chi connectivity index (χ1v) is 9.44. The van der Waals surface area contributed by atoms with Crippen molar-refractivity contribution in [1.29, 1.82) is 0 Å². The lowest BCUT2D eigenvalue weighted by atomic mass is 9.88. The lowest BCUT2D eigenvalue weighted by Crippen LogP contribution is -2.04. The zero-order chi connectivity index (χ0) is 18.7. The van der Waals surface area contributed by atoms with Crippen LogP contribution in [-0.2, 0) is 6.42 Å². The smallest absolute Gasteiger partial charge is 0.157 e. The molecule has 0 aromatic heterocycles. The molecule has 0 saturated heterocycles. The second-order valence-electron chi connectivity index (χ2n) is 7.62. The Hall–Kier alpha value is -2.48. The van der Waals surface area contributed by atoms with Crippen LogP contribution in [0.25, 0.3) is 10.8 Å². The molecule has 0 aliphatic carbocycles. The molecule has 0 fully saturated rings. The van der Waals surface area contributed by atoms with Crippen molar-refractivity contribution in [1.82, 2.24) is 0 Å². The fraction of sp³-hybridized carbons (Fsp3) is 0.333. The molecular formula is C24H28O2. The highest BCUT2D eigenvalue weighted by molar-refractivity contribution is 5.88. The van der Waals surface area contributed by atoms with Crippen molar-refractivity contribution in [3.8, 4) is 11.5 Å². The van der Waals surface area contributed by atoms with Gasteiger partial charge in [0.05, 0.1) is 0 Å². The molecule has 3 rings (SSSR count). The molecule has 0 saturated carbocycles. The van der Waals surface area contributed by atoms with E-state index in [-0.39, 0.29) is 11.5 Å². The maximum absolute atomic E-state index is 9.69. The molecule has 136 valence electrons. The number of hydrogen-bond acceptors (Lipinski definition) is 2. The fourth-order valence-corrected chi connectivity index (χ4v) is 3.72. The molecule has 0 spiro atoms. The Balaban J connectivity index is 1.65. The first kappa shape index (κ1) is 18.3. The second kappa shape index (κ2) is 7.82. The third-order valence-corrected chi connectivity index (χ3v) is 5.46. The van der Waals surface area contributed by atoms with Gasteiger partial charge in [0.15, 0.2) is 11.5 Å². The Morgan fingerprint density at radius 1 is 0.808 bits per heavy atom. The van der Waals surface area contributed by atoms with Crippen molar-refractivity contribution < 1.29 is 10.2 Å². The molecule has 0 amide bonds. The van der Waals surface area contributed by atoms with Crippen molar-refractivity contribution >= 4 is 10.8 Å². The van der Waals surface area contributed by atoms with Gasteiger partial charge in [0, 0.05) is 0 Å². The number of benzene rings is 3. The molecular weight excluding hydrogens is 320 g/mol. The summed E-state index contributed by atoms with van der Waals surface area (Å²) in [5.41, 5.74) is 3.83. The summed E-state index contributed by atoms with van der Waals surface area (Å²) in [6.45, 7) is 6.67. The van der Waals surface area contributed by atoms with Gasteiger partial charge in [-0.15, -0.1) is 0 Å². The Labute approximate surface area is 156 Å². The number of phenols is 2. The van der Waals surface area contributed by atoms with Crippen LogP contribution in [0.3, 0.4) is 0 Å². The lowest BCUT2D eigenvalue weighted by Gasteiger charge is -2.18. The number of aromatic hydroxyl groups is 2. The highest BCUT2D eigenvalue weighted by atomic mass is 16.3. The van der Waals surface area contributed by atoms with E-state index in [0.29, 0.717) is 11.8 Å². The SMILES string of the molecule is Cc1ccc(CC(C)CCC(C)c2ccc(O)c(O)c2)c2ccccc12. The number of fused-ring (bicyclic) bond motifs is 1. The van der Waals surface area contributed by atoms with Crippen LogP contribution in [-0.4, -0.2) is 10.2 Å². The normalized spacial score (nSPS) is 13.7. The van der Waals surface area contributed by atoms with Crippen LogP contribution in [0.4, 0.5) is 0 Å². The van der Waals surface area contributed by atoms with Gasteiger partial charge in [0.2, 0.25) is 0 Å². The highest BCUT2D eigenvalue weighted by Crippen LogP contribution is 2.32. The molecule has 0 radical (unpaired) electrons. The topological polar surface area (TPSA) is 40.5 Å². The number of aryl methyl sites for hydroxylation is 1. The Bertz CT molecular complexity index is 898. The van der Waals surface area contributed by atoms with Crippen LogP contribution in [0, 0.1) is 12.8 Å². The summed E-state index contributed by atoms with van der Waals surface area (Å²) in [5, 5.41) is 21.9. The Kier molecular flexibility index (Phi) is 5.51. The Morgan fingerprint density at radius 3 is 2.27 bits per heavy atom. The molecule has 0 bridgehead atoms. The van der Waals surface area contributed by atoms with E-state index in [4.69, 9.17) is 0 Å². The van der Waals surface area contributed by atoms with Gasteiger partial charge < -0.3 is 10.2 Å². The van der Waals surface area contributed by atoms with Crippen LogP contribution in [0.2, 0.25) is 0 Å². The van der Waals surface area contributed by atoms with E-state index in [0.717, 1.165) is 24.8 Å². The van der Waals surface area contributed by atoms with E-state index in [1.807, 2.05) is 6.07 Å². The summed E-state index contributed by atoms with van der Waals surface area (Å²) >= 11 is 0. The molecule has 2 unspecified atom stereocenters. The number of phenolic OH excluding ortho intramolecular Hbond substituents is 2. The summed E-state index contributed by atoms with van der Waals surface area (Å²) < 4.78 is 0. The molecule has 2 heteroatoms. The standard InChI is InChI=1S/C24H28O2/c1-16(8-9-17(2)19-12-13-23(25)24(26)15-19)14-20-11-10-18(3)21-6-4-5-7-22(20)21/h4-7,10-13,15-17,25-26H,8-9,14H2,1-3H3. The quantitative estimate of drug-likeness (QED) is 0.512. The van der Waals surface area contributed by atoms with Crippen LogP contribution >= 0.6 is 0 Å². The van der Waals surface area contributed by atoms with Crippen molar-refractivity contribution in [3.63, 3.8) is 0 Å². The van der Waals surface area contributed by atoms with E-state index in [1.165, 1.54) is 21.9 Å². The molecule has 2 N–H and O–H groups in total. The van der Waals surface area contributed by atoms with Crippen molar-refractivity contribution in [3.05, 3.63) is 71.3 Å². The van der Waals surface area contributed by atoms with Gasteiger partial charge >= 0.3 is 0 Å². The summed E-state index contributed by atoms with van der Waals surface area (Å²) in [6.07, 6.45) is 3.27. The second-order valence-corrected chi connectivity index (χ2v) is 7.62. The summed E-state index contributed by atoms with van der Waals surface area (Å²) in [4.78, 5) is 0. The van der Waals surface area contributed by atoms with Gasteiger partial charge in [0.1, 0.15) is 0 Å². The van der Waals surface area contributed by atoms with E-state index in [1.54, 1.807) is 12.1 Å². The van der Waals surface area contributed by atoms with Crippen molar-refractivity contribution in [2.45, 2.75) is 46.0 Å². The molecule has 2 nitrogen and oxygen atoms in total. The average Bonchev–Trinajstić information content (AvgIpc) is 2.64. The third-order valence-electron chi connectivity index (χ3n) is 5.46. The van der Waals surface area contributed by atoms with Gasteiger partial charge in [-0.2, -0.15) is 0 Å². The van der Waals surface area contributed by atoms with Gasteiger partial charge in [-0.3, -0.25) is 0 Å². The monoisotopic (exact) mass is 348 g/mol. The van der Waals surface area contributed by atoms with Gasteiger partial charge in [0.25, 0.3) is 0 Å². The summed E-state index contributed by atoms with van der Waals surface area (Å²) in [5.74, 6) is 0.863. The molecule has 2 atom stereocenters. The molecule has 0 aliphatic heterocycles. The van der Waals surface area contributed by atoms with Crippen LogP contribution < -0.4 is 0 Å². The summed E-state index contributed by atoms with van der Waals surface area (Å²) in [6, 6.07) is 18.3. The van der Waals surface area contributed by atoms with E-state index in [2.05, 4.69) is 57.2 Å². The van der Waals surface area contributed by atoms with Crippen molar-refractivity contribution in [2.75, 3.05) is 0 Å². The zero-order valence-corrected chi connectivity index (χ0v) is 15.9. The van der Waals surface area contributed by atoms with Gasteiger partial charge in [-0.25, -0.2) is 0 Å².